The Morgan fingerprint density at radius 3 is 2.50 bits per heavy atom. The van der Waals surface area contributed by atoms with E-state index in [-0.39, 0.29) is 5.92 Å². The van der Waals surface area contributed by atoms with Gasteiger partial charge in [-0.15, -0.1) is 0 Å². The number of carbonyl (C=O) groups is 1. The minimum atomic E-state index is -0.723. The first kappa shape index (κ1) is 11.2. The molecule has 2 heteroatoms. The molecule has 0 aromatic rings. The molecule has 2 nitrogen and oxygen atoms in total. The van der Waals surface area contributed by atoms with E-state index in [2.05, 4.69) is 6.92 Å². The lowest BCUT2D eigenvalue weighted by Gasteiger charge is -2.10. The van der Waals surface area contributed by atoms with E-state index < -0.39 is 5.97 Å². The zero-order valence-electron chi connectivity index (χ0n) is 8.13. The molecule has 0 aliphatic heterocycles. The monoisotopic (exact) mass is 170 g/mol. The molecule has 0 aliphatic carbocycles. The Bertz CT molecular complexity index is 171. The predicted octanol–water partition coefficient (Wildman–Crippen LogP) is 2.84. The average molecular weight is 170 g/mol. The molecular weight excluding hydrogens is 152 g/mol. The van der Waals surface area contributed by atoms with Crippen molar-refractivity contribution in [3.63, 3.8) is 0 Å². The molecule has 0 aliphatic rings. The number of unbranched alkanes of at least 4 members (excludes halogenated alkanes) is 1. The van der Waals surface area contributed by atoms with E-state index in [4.69, 9.17) is 5.11 Å². The van der Waals surface area contributed by atoms with Crippen LogP contribution in [0.3, 0.4) is 0 Å². The summed E-state index contributed by atoms with van der Waals surface area (Å²) in [5, 5.41) is 8.74. The molecule has 0 aromatic carbocycles. The summed E-state index contributed by atoms with van der Waals surface area (Å²) in [6, 6.07) is 0. The van der Waals surface area contributed by atoms with Gasteiger partial charge in [0.2, 0.25) is 0 Å². The van der Waals surface area contributed by atoms with Crippen molar-refractivity contribution in [3.8, 4) is 0 Å². The summed E-state index contributed by atoms with van der Waals surface area (Å²) in [5.41, 5.74) is 1.05. The normalized spacial score (nSPS) is 14.4. The third-order valence-electron chi connectivity index (χ3n) is 2.12. The maximum atomic E-state index is 10.6. The summed E-state index contributed by atoms with van der Waals surface area (Å²) in [7, 11) is 0. The van der Waals surface area contributed by atoms with Crippen molar-refractivity contribution < 1.29 is 9.90 Å². The Morgan fingerprint density at radius 2 is 2.17 bits per heavy atom. The number of hydrogen-bond donors (Lipinski definition) is 1. The van der Waals surface area contributed by atoms with Gasteiger partial charge in [-0.1, -0.05) is 25.0 Å². The molecule has 0 saturated heterocycles. The van der Waals surface area contributed by atoms with Crippen LogP contribution in [0.1, 0.15) is 40.0 Å². The van der Waals surface area contributed by atoms with Crippen LogP contribution in [0.25, 0.3) is 0 Å². The van der Waals surface area contributed by atoms with Gasteiger partial charge < -0.3 is 5.11 Å². The van der Waals surface area contributed by atoms with Crippen molar-refractivity contribution >= 4 is 5.97 Å². The highest BCUT2D eigenvalue weighted by molar-refractivity contribution is 5.73. The van der Waals surface area contributed by atoms with Crippen molar-refractivity contribution in [2.75, 3.05) is 0 Å². The summed E-state index contributed by atoms with van der Waals surface area (Å²) in [5.74, 6) is -1.04. The minimum absolute atomic E-state index is 0.318. The van der Waals surface area contributed by atoms with Crippen molar-refractivity contribution in [2.24, 2.45) is 5.92 Å². The second kappa shape index (κ2) is 5.81. The number of allylic oxidation sites excluding steroid dienone is 1. The molecule has 1 unspecified atom stereocenters. The molecule has 0 radical (unpaired) electrons. The van der Waals surface area contributed by atoms with Crippen LogP contribution >= 0.6 is 0 Å². The molecule has 1 N–H and O–H groups in total. The Hall–Kier alpha value is -0.790. The van der Waals surface area contributed by atoms with Gasteiger partial charge in [-0.25, -0.2) is 0 Å². The zero-order chi connectivity index (χ0) is 9.56. The number of aliphatic carboxylic acids is 1. The highest BCUT2D eigenvalue weighted by Gasteiger charge is 2.14. The number of carboxylic acids is 1. The number of carboxylic acid groups (broad SMARTS) is 1. The lowest BCUT2D eigenvalue weighted by atomic mass is 9.96. The fourth-order valence-electron chi connectivity index (χ4n) is 1.15. The van der Waals surface area contributed by atoms with Crippen LogP contribution in [0.5, 0.6) is 0 Å². The SMILES string of the molecule is CC=C(CCCC)C(C)C(=O)O. The van der Waals surface area contributed by atoms with Gasteiger partial charge in [0.05, 0.1) is 5.92 Å². The molecule has 0 rings (SSSR count). The van der Waals surface area contributed by atoms with Crippen LogP contribution in [0.2, 0.25) is 0 Å². The summed E-state index contributed by atoms with van der Waals surface area (Å²) in [6.07, 6.45) is 5.04. The van der Waals surface area contributed by atoms with Crippen LogP contribution in [0.4, 0.5) is 0 Å². The van der Waals surface area contributed by atoms with Gasteiger partial charge in [-0.3, -0.25) is 4.79 Å². The van der Waals surface area contributed by atoms with Crippen molar-refractivity contribution in [1.82, 2.24) is 0 Å². The zero-order valence-corrected chi connectivity index (χ0v) is 8.13. The molecular formula is C10H18O2. The van der Waals surface area contributed by atoms with E-state index in [9.17, 15) is 4.79 Å². The van der Waals surface area contributed by atoms with E-state index in [1.807, 2.05) is 13.0 Å². The van der Waals surface area contributed by atoms with Crippen molar-refractivity contribution in [3.05, 3.63) is 11.6 Å². The predicted molar refractivity (Wildman–Crippen MR) is 50.1 cm³/mol. The maximum Gasteiger partial charge on any atom is 0.310 e. The van der Waals surface area contributed by atoms with Gasteiger partial charge in [0.25, 0.3) is 0 Å². The molecule has 0 heterocycles. The van der Waals surface area contributed by atoms with Crippen LogP contribution < -0.4 is 0 Å². The Labute approximate surface area is 74.3 Å². The standard InChI is InChI=1S/C10H18O2/c1-4-6-7-9(5-2)8(3)10(11)12/h5,8H,4,6-7H2,1-3H3,(H,11,12). The lowest BCUT2D eigenvalue weighted by molar-refractivity contribution is -0.139. The van der Waals surface area contributed by atoms with Gasteiger partial charge >= 0.3 is 5.97 Å². The summed E-state index contributed by atoms with van der Waals surface area (Å²) >= 11 is 0. The van der Waals surface area contributed by atoms with Gasteiger partial charge in [-0.05, 0) is 26.7 Å². The second-order valence-corrected chi connectivity index (χ2v) is 3.03. The van der Waals surface area contributed by atoms with Gasteiger partial charge in [-0.2, -0.15) is 0 Å². The third kappa shape index (κ3) is 3.56. The van der Waals surface area contributed by atoms with E-state index in [0.29, 0.717) is 0 Å². The molecule has 70 valence electrons. The molecule has 1 atom stereocenters. The van der Waals surface area contributed by atoms with Crippen molar-refractivity contribution in [2.45, 2.75) is 40.0 Å². The molecule has 0 saturated carbocycles. The first-order valence-corrected chi connectivity index (χ1v) is 4.51. The largest absolute Gasteiger partial charge is 0.481 e. The Balaban J connectivity index is 4.07. The molecule has 0 amide bonds. The van der Waals surface area contributed by atoms with Crippen LogP contribution in [0.15, 0.2) is 11.6 Å². The second-order valence-electron chi connectivity index (χ2n) is 3.03. The van der Waals surface area contributed by atoms with Crippen LogP contribution in [-0.2, 0) is 4.79 Å². The maximum absolute atomic E-state index is 10.6. The Kier molecular flexibility index (Phi) is 5.43. The summed E-state index contributed by atoms with van der Waals surface area (Å²) in [6.45, 7) is 5.76. The number of hydrogen-bond acceptors (Lipinski definition) is 1. The van der Waals surface area contributed by atoms with E-state index in [1.54, 1.807) is 6.92 Å². The fourth-order valence-corrected chi connectivity index (χ4v) is 1.15. The van der Waals surface area contributed by atoms with Crippen LogP contribution in [-0.4, -0.2) is 11.1 Å². The molecule has 0 fully saturated rings. The number of rotatable bonds is 5. The van der Waals surface area contributed by atoms with Gasteiger partial charge in [0, 0.05) is 0 Å². The lowest BCUT2D eigenvalue weighted by Crippen LogP contribution is -2.12. The van der Waals surface area contributed by atoms with E-state index in [0.717, 1.165) is 24.8 Å². The molecule has 0 spiro atoms. The topological polar surface area (TPSA) is 37.3 Å². The first-order valence-electron chi connectivity index (χ1n) is 4.51. The van der Waals surface area contributed by atoms with E-state index in [1.165, 1.54) is 0 Å². The minimum Gasteiger partial charge on any atom is -0.481 e. The fraction of sp³-hybridized carbons (Fsp3) is 0.700. The molecule has 0 bridgehead atoms. The van der Waals surface area contributed by atoms with Gasteiger partial charge in [0.1, 0.15) is 0 Å². The quantitative estimate of drug-likeness (QED) is 0.644. The highest BCUT2D eigenvalue weighted by Crippen LogP contribution is 2.17. The smallest absolute Gasteiger partial charge is 0.310 e. The van der Waals surface area contributed by atoms with E-state index >= 15 is 0 Å². The highest BCUT2D eigenvalue weighted by atomic mass is 16.4. The van der Waals surface area contributed by atoms with Crippen molar-refractivity contribution in [1.29, 1.82) is 0 Å². The average Bonchev–Trinajstić information content (AvgIpc) is 2.05. The third-order valence-corrected chi connectivity index (χ3v) is 2.12. The van der Waals surface area contributed by atoms with Gasteiger partial charge in [0.15, 0.2) is 0 Å². The molecule has 0 aromatic heterocycles. The first-order chi connectivity index (χ1) is 5.63. The molecule has 12 heavy (non-hydrogen) atoms. The van der Waals surface area contributed by atoms with Crippen LogP contribution in [0, 0.1) is 5.92 Å². The Morgan fingerprint density at radius 1 is 1.58 bits per heavy atom. The summed E-state index contributed by atoms with van der Waals surface area (Å²) in [4.78, 5) is 10.6. The summed E-state index contributed by atoms with van der Waals surface area (Å²) < 4.78 is 0.